The van der Waals surface area contributed by atoms with Gasteiger partial charge in [0, 0.05) is 31.7 Å². The molecule has 1 atom stereocenters. The number of piperidine rings is 1. The number of rotatable bonds is 4. The zero-order chi connectivity index (χ0) is 23.2. The molecule has 2 saturated heterocycles. The molecule has 0 radical (unpaired) electrons. The molecular weight excluding hydrogens is 424 g/mol. The summed E-state index contributed by atoms with van der Waals surface area (Å²) < 4.78 is 5.52. The quantitative estimate of drug-likeness (QED) is 0.689. The van der Waals surface area contributed by atoms with Gasteiger partial charge in [-0.05, 0) is 54.4 Å². The summed E-state index contributed by atoms with van der Waals surface area (Å²) in [6.07, 6.45) is 4.84. The van der Waals surface area contributed by atoms with Gasteiger partial charge >= 0.3 is 6.03 Å². The molecule has 1 unspecified atom stereocenters. The molecule has 5 rings (SSSR count). The predicted molar refractivity (Wildman–Crippen MR) is 118 cm³/mol. The molecule has 3 fully saturated rings. The molecule has 1 spiro atoms. The molecule has 1 aromatic carbocycles. The largest absolute Gasteiger partial charge is 0.376 e. The van der Waals surface area contributed by atoms with Crippen molar-refractivity contribution in [1.82, 2.24) is 20.0 Å². The van der Waals surface area contributed by atoms with Crippen molar-refractivity contribution in [2.75, 3.05) is 39.8 Å². The minimum absolute atomic E-state index is 0.000547. The van der Waals surface area contributed by atoms with E-state index >= 15 is 0 Å². The summed E-state index contributed by atoms with van der Waals surface area (Å²) in [5, 5.41) is 3.14. The molecule has 5 amide bonds. The van der Waals surface area contributed by atoms with Crippen molar-refractivity contribution in [2.24, 2.45) is 5.41 Å². The Hall–Kier alpha value is -2.94. The van der Waals surface area contributed by atoms with E-state index in [1.165, 1.54) is 10.5 Å². The SMILES string of the molecule is CN1CC(=O)N(CC(=O)N2CC(NC(=O)c3ccc4c(c3)COCC4)CC3(CCC3)C2)C1=O. The lowest BCUT2D eigenvalue weighted by molar-refractivity contribution is -0.141. The molecule has 1 aliphatic carbocycles. The summed E-state index contributed by atoms with van der Waals surface area (Å²) in [4.78, 5) is 54.5. The molecule has 0 aromatic heterocycles. The van der Waals surface area contributed by atoms with E-state index in [1.54, 1.807) is 11.9 Å². The Morgan fingerprint density at radius 3 is 2.73 bits per heavy atom. The van der Waals surface area contributed by atoms with Crippen LogP contribution in [0.4, 0.5) is 4.79 Å². The van der Waals surface area contributed by atoms with Gasteiger partial charge in [0.1, 0.15) is 13.1 Å². The fourth-order valence-corrected chi connectivity index (χ4v) is 5.55. The fourth-order valence-electron chi connectivity index (χ4n) is 5.55. The first-order chi connectivity index (χ1) is 15.8. The summed E-state index contributed by atoms with van der Waals surface area (Å²) in [5.74, 6) is -0.751. The standard InChI is InChI=1S/C24H30N4O5/c1-26-12-21(30)28(23(26)32)13-20(29)27-11-19(10-24(15-27)6-2-7-24)25-22(31)17-4-3-16-5-8-33-14-18(16)9-17/h3-4,9,19H,2,5-8,10-15H2,1H3,(H,25,31). The molecule has 0 bridgehead atoms. The topological polar surface area (TPSA) is 99.3 Å². The lowest BCUT2D eigenvalue weighted by atomic mass is 9.63. The van der Waals surface area contributed by atoms with E-state index < -0.39 is 6.03 Å². The van der Waals surface area contributed by atoms with E-state index in [-0.39, 0.29) is 42.3 Å². The highest BCUT2D eigenvalue weighted by molar-refractivity contribution is 6.04. The van der Waals surface area contributed by atoms with Crippen molar-refractivity contribution in [2.45, 2.75) is 44.8 Å². The number of carbonyl (C=O) groups is 4. The zero-order valence-electron chi connectivity index (χ0n) is 19.0. The number of hydrogen-bond donors (Lipinski definition) is 1. The zero-order valence-corrected chi connectivity index (χ0v) is 19.0. The fraction of sp³-hybridized carbons (Fsp3) is 0.583. The Morgan fingerprint density at radius 2 is 2.03 bits per heavy atom. The van der Waals surface area contributed by atoms with Gasteiger partial charge in [0.2, 0.25) is 5.91 Å². The molecule has 176 valence electrons. The van der Waals surface area contributed by atoms with Crippen molar-refractivity contribution in [3.63, 3.8) is 0 Å². The maximum Gasteiger partial charge on any atom is 0.327 e. The number of likely N-dealkylation sites (N-methyl/N-ethyl adjacent to an activating group) is 1. The third-order valence-corrected chi connectivity index (χ3v) is 7.51. The highest BCUT2D eigenvalue weighted by Crippen LogP contribution is 2.47. The molecular formula is C24H30N4O5. The first-order valence-corrected chi connectivity index (χ1v) is 11.7. The number of amides is 5. The number of ether oxygens (including phenoxy) is 1. The highest BCUT2D eigenvalue weighted by atomic mass is 16.5. The van der Waals surface area contributed by atoms with Crippen molar-refractivity contribution >= 4 is 23.8 Å². The van der Waals surface area contributed by atoms with E-state index in [0.717, 1.165) is 42.6 Å². The van der Waals surface area contributed by atoms with Gasteiger partial charge in [-0.25, -0.2) is 4.79 Å². The number of urea groups is 1. The molecule has 3 heterocycles. The monoisotopic (exact) mass is 454 g/mol. The number of nitrogens with zero attached hydrogens (tertiary/aromatic N) is 3. The van der Waals surface area contributed by atoms with Crippen LogP contribution >= 0.6 is 0 Å². The third kappa shape index (κ3) is 4.21. The van der Waals surface area contributed by atoms with Crippen LogP contribution in [0.3, 0.4) is 0 Å². The molecule has 1 aromatic rings. The first-order valence-electron chi connectivity index (χ1n) is 11.7. The number of carbonyl (C=O) groups excluding carboxylic acids is 4. The average Bonchev–Trinajstić information content (AvgIpc) is 3.03. The molecule has 4 aliphatic rings. The van der Waals surface area contributed by atoms with Crippen LogP contribution in [0.2, 0.25) is 0 Å². The molecule has 33 heavy (non-hydrogen) atoms. The number of benzene rings is 1. The number of likely N-dealkylation sites (tertiary alicyclic amines) is 1. The van der Waals surface area contributed by atoms with Crippen molar-refractivity contribution in [1.29, 1.82) is 0 Å². The van der Waals surface area contributed by atoms with Crippen molar-refractivity contribution < 1.29 is 23.9 Å². The second-order valence-corrected chi connectivity index (χ2v) is 9.91. The molecule has 9 nitrogen and oxygen atoms in total. The highest BCUT2D eigenvalue weighted by Gasteiger charge is 2.46. The van der Waals surface area contributed by atoms with Crippen LogP contribution < -0.4 is 5.32 Å². The lowest BCUT2D eigenvalue weighted by Crippen LogP contribution is -2.59. The number of nitrogens with one attached hydrogen (secondary N) is 1. The van der Waals surface area contributed by atoms with Crippen LogP contribution in [0.5, 0.6) is 0 Å². The van der Waals surface area contributed by atoms with Gasteiger partial charge in [-0.3, -0.25) is 19.3 Å². The van der Waals surface area contributed by atoms with Gasteiger partial charge in [0.15, 0.2) is 0 Å². The second kappa shape index (κ2) is 8.44. The predicted octanol–water partition coefficient (Wildman–Crippen LogP) is 1.15. The van der Waals surface area contributed by atoms with Crippen molar-refractivity contribution in [3.8, 4) is 0 Å². The van der Waals surface area contributed by atoms with Crippen LogP contribution in [-0.4, -0.2) is 84.3 Å². The van der Waals surface area contributed by atoms with E-state index in [2.05, 4.69) is 5.32 Å². The minimum atomic E-state index is -0.440. The van der Waals surface area contributed by atoms with Crippen LogP contribution in [0.25, 0.3) is 0 Å². The van der Waals surface area contributed by atoms with Gasteiger partial charge in [0.05, 0.1) is 13.2 Å². The summed E-state index contributed by atoms with van der Waals surface area (Å²) in [6, 6.07) is 5.14. The van der Waals surface area contributed by atoms with Crippen molar-refractivity contribution in [3.05, 3.63) is 34.9 Å². The van der Waals surface area contributed by atoms with Crippen LogP contribution in [0.15, 0.2) is 18.2 Å². The Labute approximate surface area is 193 Å². The summed E-state index contributed by atoms with van der Waals surface area (Å²) in [6.45, 7) is 1.98. The summed E-state index contributed by atoms with van der Waals surface area (Å²) >= 11 is 0. The van der Waals surface area contributed by atoms with Crippen LogP contribution in [0.1, 0.15) is 47.2 Å². The number of hydrogen-bond acceptors (Lipinski definition) is 5. The third-order valence-electron chi connectivity index (χ3n) is 7.51. The summed E-state index contributed by atoms with van der Waals surface area (Å²) in [7, 11) is 1.55. The van der Waals surface area contributed by atoms with Crippen LogP contribution in [0, 0.1) is 5.41 Å². The Bertz CT molecular complexity index is 1000. The van der Waals surface area contributed by atoms with E-state index in [9.17, 15) is 19.2 Å². The van der Waals surface area contributed by atoms with E-state index in [0.29, 0.717) is 31.9 Å². The molecule has 9 heteroatoms. The molecule has 1 N–H and O–H groups in total. The molecule has 3 aliphatic heterocycles. The lowest BCUT2D eigenvalue weighted by Gasteiger charge is -2.51. The number of fused-ring (bicyclic) bond motifs is 1. The number of imide groups is 1. The van der Waals surface area contributed by atoms with Crippen LogP contribution in [-0.2, 0) is 27.4 Å². The first kappa shape index (κ1) is 21.9. The second-order valence-electron chi connectivity index (χ2n) is 9.91. The van der Waals surface area contributed by atoms with Gasteiger partial charge in [-0.2, -0.15) is 0 Å². The van der Waals surface area contributed by atoms with Gasteiger partial charge < -0.3 is 19.9 Å². The minimum Gasteiger partial charge on any atom is -0.376 e. The maximum absolute atomic E-state index is 13.1. The Morgan fingerprint density at radius 1 is 1.21 bits per heavy atom. The summed E-state index contributed by atoms with van der Waals surface area (Å²) in [5.41, 5.74) is 2.87. The smallest absolute Gasteiger partial charge is 0.327 e. The van der Waals surface area contributed by atoms with Gasteiger partial charge in [-0.1, -0.05) is 12.5 Å². The molecule has 1 saturated carbocycles. The average molecular weight is 455 g/mol. The maximum atomic E-state index is 13.1. The normalized spacial score (nSPS) is 24.0. The van der Waals surface area contributed by atoms with E-state index in [4.69, 9.17) is 4.74 Å². The van der Waals surface area contributed by atoms with Gasteiger partial charge in [-0.15, -0.1) is 0 Å². The van der Waals surface area contributed by atoms with Gasteiger partial charge in [0.25, 0.3) is 11.8 Å². The Balaban J connectivity index is 1.27. The van der Waals surface area contributed by atoms with E-state index in [1.807, 2.05) is 18.2 Å². The Kier molecular flexibility index (Phi) is 5.60.